The first-order valence-corrected chi connectivity index (χ1v) is 9.61. The Bertz CT molecular complexity index is 1000. The maximum Gasteiger partial charge on any atom is 0.263 e. The van der Waals surface area contributed by atoms with Gasteiger partial charge < -0.3 is 5.73 Å². The van der Waals surface area contributed by atoms with Crippen LogP contribution >= 0.6 is 11.3 Å². The fourth-order valence-electron chi connectivity index (χ4n) is 3.67. The number of rotatable bonds is 3. The van der Waals surface area contributed by atoms with Crippen LogP contribution in [0.2, 0.25) is 0 Å². The van der Waals surface area contributed by atoms with Gasteiger partial charge in [0.25, 0.3) is 5.01 Å². The van der Waals surface area contributed by atoms with E-state index in [0.717, 1.165) is 12.2 Å². The zero-order valence-electron chi connectivity index (χ0n) is 14.8. The molecule has 3 heteroatoms. The van der Waals surface area contributed by atoms with E-state index in [1.165, 1.54) is 50.3 Å². The lowest BCUT2D eigenvalue weighted by molar-refractivity contribution is -0.671. The van der Waals surface area contributed by atoms with Crippen LogP contribution in [0.1, 0.15) is 35.0 Å². The highest BCUT2D eigenvalue weighted by atomic mass is 32.1. The zero-order chi connectivity index (χ0) is 17.4. The highest BCUT2D eigenvalue weighted by molar-refractivity contribution is 7.19. The van der Waals surface area contributed by atoms with E-state index in [2.05, 4.69) is 66.1 Å². The molecule has 0 amide bonds. The molecule has 2 aromatic carbocycles. The Hall–Kier alpha value is -2.39. The molecule has 0 bridgehead atoms. The molecule has 2 nitrogen and oxygen atoms in total. The summed E-state index contributed by atoms with van der Waals surface area (Å²) in [5.41, 5.74) is 13.4. The lowest BCUT2D eigenvalue weighted by Gasteiger charge is -2.09. The number of benzene rings is 2. The van der Waals surface area contributed by atoms with Crippen molar-refractivity contribution in [2.75, 3.05) is 0 Å². The second kappa shape index (κ2) is 6.49. The summed E-state index contributed by atoms with van der Waals surface area (Å²) in [6.07, 6.45) is 6.78. The van der Waals surface area contributed by atoms with Crippen molar-refractivity contribution in [3.05, 3.63) is 75.9 Å². The standard InChI is InChI=1S/C22H22N2S/c1-15-7-3-4-10-19(15)18(13-16(2)23)14-21-24-12-6-9-17-8-5-11-20(25-21)22(17)24/h3-5,7-8,10-11,13-14,23H,6,9,12H2,1-2H3/p+1. The third kappa shape index (κ3) is 3.00. The van der Waals surface area contributed by atoms with Crippen molar-refractivity contribution in [3.63, 3.8) is 0 Å². The van der Waals surface area contributed by atoms with Crippen LogP contribution in [0.25, 0.3) is 21.9 Å². The summed E-state index contributed by atoms with van der Waals surface area (Å²) < 4.78 is 3.86. The second-order valence-electron chi connectivity index (χ2n) is 6.76. The van der Waals surface area contributed by atoms with E-state index in [1.54, 1.807) is 0 Å². The van der Waals surface area contributed by atoms with Gasteiger partial charge in [-0.15, -0.1) is 0 Å². The van der Waals surface area contributed by atoms with E-state index >= 15 is 0 Å². The molecule has 3 aromatic rings. The predicted molar refractivity (Wildman–Crippen MR) is 107 cm³/mol. The number of aryl methyl sites for hydroxylation is 3. The van der Waals surface area contributed by atoms with Gasteiger partial charge in [-0.2, -0.15) is 4.57 Å². The van der Waals surface area contributed by atoms with Gasteiger partial charge in [-0.1, -0.05) is 47.7 Å². The van der Waals surface area contributed by atoms with Crippen LogP contribution in [-0.4, -0.2) is 0 Å². The number of thiazole rings is 1. The van der Waals surface area contributed by atoms with Gasteiger partial charge in [-0.25, -0.2) is 0 Å². The number of aromatic nitrogens is 1. The van der Waals surface area contributed by atoms with Crippen molar-refractivity contribution in [3.8, 4) is 0 Å². The van der Waals surface area contributed by atoms with Crippen molar-refractivity contribution in [1.29, 1.82) is 0 Å². The lowest BCUT2D eigenvalue weighted by atomic mass is 9.99. The Kier molecular flexibility index (Phi) is 4.18. The largest absolute Gasteiger partial charge is 0.402 e. The molecule has 126 valence electrons. The number of hydrogen-bond acceptors (Lipinski definition) is 2. The Balaban J connectivity index is 1.93. The van der Waals surface area contributed by atoms with Crippen molar-refractivity contribution in [2.45, 2.75) is 33.2 Å². The van der Waals surface area contributed by atoms with Crippen molar-refractivity contribution < 1.29 is 4.57 Å². The molecule has 0 unspecified atom stereocenters. The number of nitrogens with two attached hydrogens (primary N) is 1. The van der Waals surface area contributed by atoms with Crippen LogP contribution in [0.3, 0.4) is 0 Å². The van der Waals surface area contributed by atoms with Gasteiger partial charge in [0.2, 0.25) is 5.52 Å². The first kappa shape index (κ1) is 16.1. The number of para-hydroxylation sites is 1. The minimum atomic E-state index is 0.829. The smallest absolute Gasteiger partial charge is 0.263 e. The van der Waals surface area contributed by atoms with Gasteiger partial charge in [0.15, 0.2) is 6.54 Å². The fourth-order valence-corrected chi connectivity index (χ4v) is 4.85. The molecule has 0 radical (unpaired) electrons. The van der Waals surface area contributed by atoms with E-state index < -0.39 is 0 Å². The molecule has 0 fully saturated rings. The maximum absolute atomic E-state index is 6.03. The number of allylic oxidation sites excluding steroid dienone is 3. The average Bonchev–Trinajstić information content (AvgIpc) is 2.94. The molecule has 0 saturated heterocycles. The highest BCUT2D eigenvalue weighted by Gasteiger charge is 2.25. The molecule has 1 aliphatic rings. The van der Waals surface area contributed by atoms with E-state index in [1.807, 2.05) is 18.3 Å². The minimum Gasteiger partial charge on any atom is -0.402 e. The number of hydrogen-bond donors (Lipinski definition) is 1. The molecule has 0 spiro atoms. The summed E-state index contributed by atoms with van der Waals surface area (Å²) in [6, 6.07) is 15.2. The van der Waals surface area contributed by atoms with Gasteiger partial charge in [0.05, 0.1) is 0 Å². The van der Waals surface area contributed by atoms with Crippen molar-refractivity contribution in [2.24, 2.45) is 5.73 Å². The predicted octanol–water partition coefficient (Wildman–Crippen LogP) is 4.85. The summed E-state index contributed by atoms with van der Waals surface area (Å²) in [5.74, 6) is 0. The Morgan fingerprint density at radius 1 is 1.16 bits per heavy atom. The van der Waals surface area contributed by atoms with E-state index in [9.17, 15) is 0 Å². The third-order valence-electron chi connectivity index (χ3n) is 4.78. The highest BCUT2D eigenvalue weighted by Crippen LogP contribution is 2.30. The van der Waals surface area contributed by atoms with E-state index in [-0.39, 0.29) is 0 Å². The van der Waals surface area contributed by atoms with Gasteiger partial charge >= 0.3 is 0 Å². The molecular formula is C22H23N2S+. The van der Waals surface area contributed by atoms with Crippen LogP contribution in [0.4, 0.5) is 0 Å². The van der Waals surface area contributed by atoms with Crippen molar-refractivity contribution >= 4 is 33.2 Å². The van der Waals surface area contributed by atoms with Crippen LogP contribution in [0.15, 0.2) is 54.2 Å². The van der Waals surface area contributed by atoms with Crippen LogP contribution < -0.4 is 10.3 Å². The molecule has 2 heterocycles. The summed E-state index contributed by atoms with van der Waals surface area (Å²) in [7, 11) is 0. The lowest BCUT2D eigenvalue weighted by Crippen LogP contribution is -2.38. The second-order valence-corrected chi connectivity index (χ2v) is 7.82. The molecule has 2 N–H and O–H groups in total. The Morgan fingerprint density at radius 2 is 2.00 bits per heavy atom. The molecule has 0 aliphatic carbocycles. The van der Waals surface area contributed by atoms with Gasteiger partial charge in [0, 0.05) is 23.8 Å². The van der Waals surface area contributed by atoms with E-state index in [4.69, 9.17) is 5.73 Å². The average molecular weight is 348 g/mol. The van der Waals surface area contributed by atoms with Gasteiger partial charge in [0.1, 0.15) is 4.70 Å². The first-order chi connectivity index (χ1) is 12.1. The normalized spacial score (nSPS) is 15.0. The summed E-state index contributed by atoms with van der Waals surface area (Å²) >= 11 is 1.88. The minimum absolute atomic E-state index is 0.829. The van der Waals surface area contributed by atoms with Crippen LogP contribution in [0, 0.1) is 6.92 Å². The monoisotopic (exact) mass is 347 g/mol. The molecule has 4 rings (SSSR count). The maximum atomic E-state index is 6.03. The quantitative estimate of drug-likeness (QED) is 0.533. The Labute approximate surface area is 152 Å². The third-order valence-corrected chi connectivity index (χ3v) is 5.88. The van der Waals surface area contributed by atoms with E-state index in [0.29, 0.717) is 0 Å². The van der Waals surface area contributed by atoms with Gasteiger partial charge in [-0.05, 0) is 49.1 Å². The fraction of sp³-hybridized carbons (Fsp3) is 0.227. The molecule has 0 saturated carbocycles. The first-order valence-electron chi connectivity index (χ1n) is 8.79. The summed E-state index contributed by atoms with van der Waals surface area (Å²) in [6.45, 7) is 5.20. The molecule has 1 aromatic heterocycles. The molecular weight excluding hydrogens is 324 g/mol. The zero-order valence-corrected chi connectivity index (χ0v) is 15.6. The van der Waals surface area contributed by atoms with Crippen molar-refractivity contribution in [1.82, 2.24) is 0 Å². The van der Waals surface area contributed by atoms with Crippen LogP contribution in [-0.2, 0) is 13.0 Å². The SMILES string of the molecule is C/C(N)=C\C(=C/c1sc2cccc3c2[n+]1CCC3)c1ccccc1C. The number of nitrogens with zero attached hydrogens (tertiary/aromatic N) is 1. The summed E-state index contributed by atoms with van der Waals surface area (Å²) in [4.78, 5) is 0. The molecule has 25 heavy (non-hydrogen) atoms. The Morgan fingerprint density at radius 3 is 2.80 bits per heavy atom. The molecule has 1 aliphatic heterocycles. The van der Waals surface area contributed by atoms with Gasteiger partial charge in [-0.3, -0.25) is 0 Å². The molecule has 0 atom stereocenters. The van der Waals surface area contributed by atoms with Crippen LogP contribution in [0.5, 0.6) is 0 Å². The topological polar surface area (TPSA) is 29.9 Å². The summed E-state index contributed by atoms with van der Waals surface area (Å²) in [5, 5.41) is 1.30.